The van der Waals surface area contributed by atoms with Crippen LogP contribution in [0, 0.1) is 0 Å². The second kappa shape index (κ2) is 6.89. The minimum Gasteiger partial charge on any atom is -0.350 e. The van der Waals surface area contributed by atoms with Crippen molar-refractivity contribution in [1.82, 2.24) is 10.3 Å². The molecular formula is C14H13F3N2O3S2. The number of hydrogen-bond acceptors (Lipinski definition) is 5. The number of nitrogens with zero attached hydrogens (tertiary/aromatic N) is 1. The highest BCUT2D eigenvalue weighted by molar-refractivity contribution is 7.92. The Kier molecular flexibility index (Phi) is 5.29. The van der Waals surface area contributed by atoms with Gasteiger partial charge in [-0.15, -0.1) is 11.3 Å². The standard InChI is InChI=1S/C14H13F3N2O3S2/c1-9(13(20)19-8-11-3-2-6-23-11)24(21,22)12-5-4-10(7-18-12)14(15,16)17/h2-7,9H,8H2,1H3,(H,19,20). The Morgan fingerprint density at radius 3 is 2.54 bits per heavy atom. The van der Waals surface area contributed by atoms with Crippen LogP contribution in [0.1, 0.15) is 17.4 Å². The summed E-state index contributed by atoms with van der Waals surface area (Å²) in [4.78, 5) is 16.2. The number of halogens is 3. The van der Waals surface area contributed by atoms with E-state index in [1.165, 1.54) is 18.3 Å². The molecule has 2 rings (SSSR count). The molecule has 0 fully saturated rings. The maximum absolute atomic E-state index is 12.5. The fraction of sp³-hybridized carbons (Fsp3) is 0.286. The number of hydrogen-bond donors (Lipinski definition) is 1. The molecule has 24 heavy (non-hydrogen) atoms. The fourth-order valence-electron chi connectivity index (χ4n) is 1.77. The van der Waals surface area contributed by atoms with Gasteiger partial charge in [-0.3, -0.25) is 4.79 Å². The van der Waals surface area contributed by atoms with Crippen molar-refractivity contribution in [3.63, 3.8) is 0 Å². The summed E-state index contributed by atoms with van der Waals surface area (Å²) < 4.78 is 62.0. The largest absolute Gasteiger partial charge is 0.417 e. The first kappa shape index (κ1) is 18.4. The Labute approximate surface area is 140 Å². The predicted molar refractivity (Wildman–Crippen MR) is 82.1 cm³/mol. The number of nitrogens with one attached hydrogen (secondary N) is 1. The average Bonchev–Trinajstić information content (AvgIpc) is 3.04. The van der Waals surface area contributed by atoms with Crippen molar-refractivity contribution < 1.29 is 26.4 Å². The van der Waals surface area contributed by atoms with Crippen molar-refractivity contribution in [1.29, 1.82) is 0 Å². The number of sulfone groups is 1. The molecule has 0 aromatic carbocycles. The minimum atomic E-state index is -4.61. The molecule has 10 heteroatoms. The van der Waals surface area contributed by atoms with E-state index in [0.29, 0.717) is 12.3 Å². The second-order valence-electron chi connectivity index (χ2n) is 4.87. The molecule has 0 aliphatic carbocycles. The molecule has 1 N–H and O–H groups in total. The molecule has 2 aromatic rings. The van der Waals surface area contributed by atoms with E-state index in [-0.39, 0.29) is 6.54 Å². The number of aromatic nitrogens is 1. The average molecular weight is 378 g/mol. The quantitative estimate of drug-likeness (QED) is 0.868. The molecule has 0 aliphatic rings. The van der Waals surface area contributed by atoms with Crippen LogP contribution in [0.4, 0.5) is 13.2 Å². The van der Waals surface area contributed by atoms with E-state index in [4.69, 9.17) is 0 Å². The molecule has 1 unspecified atom stereocenters. The van der Waals surface area contributed by atoms with E-state index >= 15 is 0 Å². The van der Waals surface area contributed by atoms with Crippen molar-refractivity contribution in [3.05, 3.63) is 46.3 Å². The number of pyridine rings is 1. The van der Waals surface area contributed by atoms with E-state index in [0.717, 1.165) is 10.9 Å². The number of alkyl halides is 3. The third-order valence-corrected chi connectivity index (χ3v) is 6.05. The molecule has 2 heterocycles. The Hall–Kier alpha value is -1.94. The van der Waals surface area contributed by atoms with Crippen molar-refractivity contribution in [2.24, 2.45) is 0 Å². The van der Waals surface area contributed by atoms with E-state index in [1.54, 1.807) is 12.1 Å². The molecule has 0 radical (unpaired) electrons. The molecule has 130 valence electrons. The van der Waals surface area contributed by atoms with Gasteiger partial charge in [-0.25, -0.2) is 13.4 Å². The first-order valence-electron chi connectivity index (χ1n) is 6.69. The zero-order valence-corrected chi connectivity index (χ0v) is 14.0. The monoisotopic (exact) mass is 378 g/mol. The van der Waals surface area contributed by atoms with Crippen molar-refractivity contribution in [3.8, 4) is 0 Å². The van der Waals surface area contributed by atoms with E-state index in [9.17, 15) is 26.4 Å². The Balaban J connectivity index is 2.12. The van der Waals surface area contributed by atoms with E-state index in [1.807, 2.05) is 5.38 Å². The van der Waals surface area contributed by atoms with Gasteiger partial charge in [-0.1, -0.05) is 6.07 Å². The van der Waals surface area contributed by atoms with Gasteiger partial charge in [0, 0.05) is 11.1 Å². The summed E-state index contributed by atoms with van der Waals surface area (Å²) in [6, 6.07) is 4.94. The van der Waals surface area contributed by atoms with Crippen LogP contribution in [0.2, 0.25) is 0 Å². The lowest BCUT2D eigenvalue weighted by Crippen LogP contribution is -2.37. The SMILES string of the molecule is CC(C(=O)NCc1cccs1)S(=O)(=O)c1ccc(C(F)(F)F)cn1. The van der Waals surface area contributed by atoms with Crippen LogP contribution in [0.5, 0.6) is 0 Å². The van der Waals surface area contributed by atoms with E-state index in [2.05, 4.69) is 10.3 Å². The second-order valence-corrected chi connectivity index (χ2v) is 8.11. The van der Waals surface area contributed by atoms with Gasteiger partial charge in [0.05, 0.1) is 12.1 Å². The molecule has 0 bridgehead atoms. The Morgan fingerprint density at radius 1 is 1.33 bits per heavy atom. The molecule has 1 atom stereocenters. The summed E-state index contributed by atoms with van der Waals surface area (Å²) in [7, 11) is -4.18. The maximum Gasteiger partial charge on any atom is 0.417 e. The number of rotatable bonds is 5. The lowest BCUT2D eigenvalue weighted by molar-refractivity contribution is -0.137. The minimum absolute atomic E-state index is 0.177. The molecule has 2 aromatic heterocycles. The zero-order chi connectivity index (χ0) is 18.0. The van der Waals surface area contributed by atoms with Gasteiger partial charge in [0.15, 0.2) is 5.03 Å². The van der Waals surface area contributed by atoms with Crippen LogP contribution in [-0.2, 0) is 27.4 Å². The smallest absolute Gasteiger partial charge is 0.350 e. The van der Waals surface area contributed by atoms with Gasteiger partial charge < -0.3 is 5.32 Å². The summed E-state index contributed by atoms with van der Waals surface area (Å²) in [5, 5.41) is 2.25. The van der Waals surface area contributed by atoms with Crippen LogP contribution < -0.4 is 5.32 Å². The fourth-order valence-corrected chi connectivity index (χ4v) is 3.60. The maximum atomic E-state index is 12.5. The van der Waals surface area contributed by atoms with Gasteiger partial charge in [-0.2, -0.15) is 13.2 Å². The normalized spacial score (nSPS) is 13.5. The number of thiophene rings is 1. The van der Waals surface area contributed by atoms with Crippen LogP contribution in [0.25, 0.3) is 0 Å². The first-order chi connectivity index (χ1) is 11.1. The van der Waals surface area contributed by atoms with Crippen LogP contribution >= 0.6 is 11.3 Å². The zero-order valence-electron chi connectivity index (χ0n) is 12.4. The van der Waals surface area contributed by atoms with Crippen LogP contribution in [0.15, 0.2) is 40.9 Å². The summed E-state index contributed by atoms with van der Waals surface area (Å²) >= 11 is 1.40. The van der Waals surface area contributed by atoms with Crippen molar-refractivity contribution in [2.45, 2.75) is 29.9 Å². The molecule has 0 saturated carbocycles. The lowest BCUT2D eigenvalue weighted by Gasteiger charge is -2.13. The van der Waals surface area contributed by atoms with Crippen molar-refractivity contribution in [2.75, 3.05) is 0 Å². The highest BCUT2D eigenvalue weighted by atomic mass is 32.2. The van der Waals surface area contributed by atoms with E-state index < -0.39 is 37.8 Å². The van der Waals surface area contributed by atoms with Gasteiger partial charge in [0.2, 0.25) is 15.7 Å². The summed E-state index contributed by atoms with van der Waals surface area (Å²) in [5.41, 5.74) is -1.06. The van der Waals surface area contributed by atoms with Crippen molar-refractivity contribution >= 4 is 27.1 Å². The molecule has 0 saturated heterocycles. The summed E-state index contributed by atoms with van der Waals surface area (Å²) in [6.45, 7) is 1.34. The van der Waals surface area contributed by atoms with Gasteiger partial charge in [-0.05, 0) is 30.5 Å². The molecule has 1 amide bonds. The Bertz CT molecular complexity index is 801. The summed E-state index contributed by atoms with van der Waals surface area (Å²) in [5.74, 6) is -0.745. The highest BCUT2D eigenvalue weighted by Gasteiger charge is 2.34. The third kappa shape index (κ3) is 4.12. The number of carbonyl (C=O) groups excluding carboxylic acids is 1. The lowest BCUT2D eigenvalue weighted by atomic mass is 10.3. The molecular weight excluding hydrogens is 365 g/mol. The third-order valence-electron chi connectivity index (χ3n) is 3.21. The molecule has 5 nitrogen and oxygen atoms in total. The van der Waals surface area contributed by atoms with Gasteiger partial charge in [0.25, 0.3) is 0 Å². The Morgan fingerprint density at radius 2 is 2.04 bits per heavy atom. The molecule has 0 aliphatic heterocycles. The van der Waals surface area contributed by atoms with Crippen LogP contribution in [0.3, 0.4) is 0 Å². The van der Waals surface area contributed by atoms with Gasteiger partial charge >= 0.3 is 6.18 Å². The topological polar surface area (TPSA) is 76.1 Å². The number of amides is 1. The summed E-state index contributed by atoms with van der Waals surface area (Å²) in [6.07, 6.45) is -4.18. The van der Waals surface area contributed by atoms with Gasteiger partial charge in [0.1, 0.15) is 5.25 Å². The number of carbonyl (C=O) groups is 1. The highest BCUT2D eigenvalue weighted by Crippen LogP contribution is 2.29. The first-order valence-corrected chi connectivity index (χ1v) is 9.12. The predicted octanol–water partition coefficient (Wildman–Crippen LogP) is 2.64. The molecule has 0 spiro atoms. The van der Waals surface area contributed by atoms with Crippen LogP contribution in [-0.4, -0.2) is 24.6 Å².